The minimum atomic E-state index is 0.190. The molecule has 138 valence electrons. The molecule has 1 aliphatic rings. The molecule has 0 spiro atoms. The molecule has 4 aromatic rings. The summed E-state index contributed by atoms with van der Waals surface area (Å²) in [6.45, 7) is 5.66. The van der Waals surface area contributed by atoms with E-state index in [2.05, 4.69) is 26.1 Å². The number of hydrogen-bond acceptors (Lipinski definition) is 6. The number of hydrogen-bond donors (Lipinski definition) is 0. The average molecular weight is 370 g/mol. The van der Waals surface area contributed by atoms with Crippen LogP contribution in [-0.2, 0) is 0 Å². The molecule has 0 aliphatic heterocycles. The number of imidazole rings is 1. The van der Waals surface area contributed by atoms with Gasteiger partial charge in [0.2, 0.25) is 0 Å². The Labute approximate surface area is 161 Å². The normalized spacial score (nSPS) is 18.4. The summed E-state index contributed by atoms with van der Waals surface area (Å²) in [5.74, 6) is 3.34. The van der Waals surface area contributed by atoms with Crippen LogP contribution in [0.1, 0.15) is 52.8 Å². The van der Waals surface area contributed by atoms with Crippen molar-refractivity contribution in [2.45, 2.75) is 39.0 Å². The molecule has 1 aliphatic carbocycles. The Morgan fingerprint density at radius 1 is 1.04 bits per heavy atom. The summed E-state index contributed by atoms with van der Waals surface area (Å²) in [4.78, 5) is 18.3. The summed E-state index contributed by atoms with van der Waals surface area (Å²) >= 11 is 0. The summed E-state index contributed by atoms with van der Waals surface area (Å²) in [6.07, 6.45) is 2.80. The predicted molar refractivity (Wildman–Crippen MR) is 101 cm³/mol. The number of nitrogens with zero attached hydrogens (tertiary/aromatic N) is 8. The number of fused-ring (bicyclic) bond motifs is 1. The van der Waals surface area contributed by atoms with Crippen molar-refractivity contribution in [3.8, 4) is 11.9 Å². The third-order valence-corrected chi connectivity index (χ3v) is 5.12. The Bertz CT molecular complexity index is 1260. The molecule has 4 heterocycles. The van der Waals surface area contributed by atoms with E-state index in [0.717, 1.165) is 35.1 Å². The molecule has 8 nitrogen and oxygen atoms in total. The van der Waals surface area contributed by atoms with Gasteiger partial charge in [-0.05, 0) is 39.3 Å². The second-order valence-corrected chi connectivity index (χ2v) is 7.15. The summed E-state index contributed by atoms with van der Waals surface area (Å²) in [5.41, 5.74) is 3.22. The average Bonchev–Trinajstić information content (AvgIpc) is 3.28. The number of nitriles is 1. The molecule has 0 bridgehead atoms. The first-order chi connectivity index (χ1) is 13.5. The van der Waals surface area contributed by atoms with E-state index in [0.29, 0.717) is 17.3 Å². The van der Waals surface area contributed by atoms with Crippen molar-refractivity contribution in [1.82, 2.24) is 34.1 Å². The first-order valence-electron chi connectivity index (χ1n) is 9.18. The van der Waals surface area contributed by atoms with E-state index in [-0.39, 0.29) is 11.8 Å². The maximum atomic E-state index is 9.65. The Hall–Kier alpha value is -3.60. The van der Waals surface area contributed by atoms with Crippen LogP contribution in [0.4, 0.5) is 0 Å². The molecule has 0 unspecified atom stereocenters. The van der Waals surface area contributed by atoms with E-state index in [9.17, 15) is 5.26 Å². The first-order valence-corrected chi connectivity index (χ1v) is 9.18. The fourth-order valence-corrected chi connectivity index (χ4v) is 3.82. The van der Waals surface area contributed by atoms with E-state index < -0.39 is 0 Å². The zero-order valence-corrected chi connectivity index (χ0v) is 15.8. The Morgan fingerprint density at radius 3 is 2.64 bits per heavy atom. The molecule has 28 heavy (non-hydrogen) atoms. The van der Waals surface area contributed by atoms with Gasteiger partial charge in [0.25, 0.3) is 0 Å². The predicted octanol–water partition coefficient (Wildman–Crippen LogP) is 2.77. The van der Waals surface area contributed by atoms with Crippen LogP contribution in [0.5, 0.6) is 0 Å². The van der Waals surface area contributed by atoms with Crippen molar-refractivity contribution in [2.24, 2.45) is 0 Å². The lowest BCUT2D eigenvalue weighted by molar-refractivity contribution is 0.777. The Morgan fingerprint density at radius 2 is 1.89 bits per heavy atom. The van der Waals surface area contributed by atoms with Crippen LogP contribution in [-0.4, -0.2) is 34.1 Å². The highest BCUT2D eigenvalue weighted by Gasteiger charge is 2.44. The molecule has 1 saturated carbocycles. The van der Waals surface area contributed by atoms with Gasteiger partial charge in [0.15, 0.2) is 5.82 Å². The van der Waals surface area contributed by atoms with Gasteiger partial charge in [0.05, 0.1) is 11.4 Å². The minimum Gasteiger partial charge on any atom is -0.291 e. The second kappa shape index (κ2) is 5.96. The van der Waals surface area contributed by atoms with E-state index in [4.69, 9.17) is 4.98 Å². The maximum Gasteiger partial charge on any atom is 0.159 e. The zero-order valence-electron chi connectivity index (χ0n) is 15.8. The molecule has 2 atom stereocenters. The topological polar surface area (TPSA) is 97.6 Å². The number of aryl methyl sites for hydroxylation is 3. The van der Waals surface area contributed by atoms with Crippen molar-refractivity contribution in [2.75, 3.05) is 0 Å². The van der Waals surface area contributed by atoms with Crippen LogP contribution in [0.25, 0.3) is 11.5 Å². The van der Waals surface area contributed by atoms with Gasteiger partial charge in [-0.1, -0.05) is 6.07 Å². The Kier molecular flexibility index (Phi) is 3.52. The largest absolute Gasteiger partial charge is 0.291 e. The fraction of sp³-hybridized carbons (Fsp3) is 0.300. The van der Waals surface area contributed by atoms with Crippen LogP contribution >= 0.6 is 0 Å². The molecule has 0 aromatic carbocycles. The number of pyridine rings is 1. The van der Waals surface area contributed by atoms with Gasteiger partial charge in [-0.3, -0.25) is 4.40 Å². The SMILES string of the molecule is Cc1nc([C@@H]2C[C@H]2c2nc3ccccn3c2C#N)cc(-n2nc(C)nc2C)n1. The lowest BCUT2D eigenvalue weighted by Crippen LogP contribution is -2.06. The van der Waals surface area contributed by atoms with Gasteiger partial charge >= 0.3 is 0 Å². The maximum absolute atomic E-state index is 9.65. The molecular formula is C20H18N8. The molecule has 8 heteroatoms. The smallest absolute Gasteiger partial charge is 0.159 e. The first kappa shape index (κ1) is 16.6. The Balaban J connectivity index is 1.53. The summed E-state index contributed by atoms with van der Waals surface area (Å²) in [5, 5.41) is 14.1. The van der Waals surface area contributed by atoms with Gasteiger partial charge in [0.1, 0.15) is 34.9 Å². The van der Waals surface area contributed by atoms with Crippen LogP contribution < -0.4 is 0 Å². The van der Waals surface area contributed by atoms with Crippen molar-refractivity contribution in [3.05, 3.63) is 65.0 Å². The fourth-order valence-electron chi connectivity index (χ4n) is 3.82. The van der Waals surface area contributed by atoms with Crippen LogP contribution in [0.15, 0.2) is 30.5 Å². The molecular weight excluding hydrogens is 352 g/mol. The molecule has 4 aromatic heterocycles. The quantitative estimate of drug-likeness (QED) is 0.550. The van der Waals surface area contributed by atoms with Gasteiger partial charge in [-0.2, -0.15) is 9.94 Å². The van der Waals surface area contributed by atoms with Crippen molar-refractivity contribution in [3.63, 3.8) is 0 Å². The second-order valence-electron chi connectivity index (χ2n) is 7.15. The van der Waals surface area contributed by atoms with Gasteiger partial charge in [0, 0.05) is 24.1 Å². The van der Waals surface area contributed by atoms with Gasteiger partial charge < -0.3 is 0 Å². The van der Waals surface area contributed by atoms with E-state index in [1.165, 1.54) is 0 Å². The number of rotatable bonds is 3. The third-order valence-electron chi connectivity index (χ3n) is 5.12. The summed E-state index contributed by atoms with van der Waals surface area (Å²) < 4.78 is 3.60. The van der Waals surface area contributed by atoms with E-state index in [1.807, 2.05) is 55.6 Å². The molecule has 0 amide bonds. The monoisotopic (exact) mass is 370 g/mol. The van der Waals surface area contributed by atoms with Crippen molar-refractivity contribution < 1.29 is 0 Å². The van der Waals surface area contributed by atoms with Crippen molar-refractivity contribution in [1.29, 1.82) is 5.26 Å². The highest BCUT2D eigenvalue weighted by molar-refractivity contribution is 5.50. The zero-order chi connectivity index (χ0) is 19.4. The summed E-state index contributed by atoms with van der Waals surface area (Å²) in [6, 6.07) is 10.0. The lowest BCUT2D eigenvalue weighted by Gasteiger charge is -2.06. The molecule has 0 saturated heterocycles. The van der Waals surface area contributed by atoms with Crippen LogP contribution in [0.2, 0.25) is 0 Å². The number of aromatic nitrogens is 7. The molecule has 1 fully saturated rings. The molecule has 5 rings (SSSR count). The van der Waals surface area contributed by atoms with Gasteiger partial charge in [-0.25, -0.2) is 19.9 Å². The van der Waals surface area contributed by atoms with E-state index >= 15 is 0 Å². The standard InChI is InChI=1S/C20H18N8/c1-11-23-16(9-19(24-11)28-13(3)22-12(2)26-28)14-8-15(14)20-17(10-21)27-7-5-4-6-18(27)25-20/h4-7,9,14-15H,8H2,1-3H3/t14-,15-/m1/s1. The lowest BCUT2D eigenvalue weighted by atomic mass is 10.1. The van der Waals surface area contributed by atoms with Gasteiger partial charge in [-0.15, -0.1) is 5.10 Å². The third kappa shape index (κ3) is 2.55. The van der Waals surface area contributed by atoms with Crippen LogP contribution in [0, 0.1) is 32.1 Å². The highest BCUT2D eigenvalue weighted by Crippen LogP contribution is 2.54. The molecule has 0 radical (unpaired) electrons. The molecule has 0 N–H and O–H groups in total. The minimum absolute atomic E-state index is 0.190. The van der Waals surface area contributed by atoms with E-state index in [1.54, 1.807) is 4.68 Å². The van der Waals surface area contributed by atoms with Crippen molar-refractivity contribution >= 4 is 5.65 Å². The summed E-state index contributed by atoms with van der Waals surface area (Å²) in [7, 11) is 0. The van der Waals surface area contributed by atoms with Crippen LogP contribution in [0.3, 0.4) is 0 Å². The highest BCUT2D eigenvalue weighted by atomic mass is 15.4.